The van der Waals surface area contributed by atoms with Gasteiger partial charge in [0.1, 0.15) is 0 Å². The van der Waals surface area contributed by atoms with Gasteiger partial charge in [0.25, 0.3) is 0 Å². The average Bonchev–Trinajstić information content (AvgIpc) is 2.97. The van der Waals surface area contributed by atoms with Gasteiger partial charge in [-0.1, -0.05) is 0 Å². The molecule has 1 N–H and O–H groups in total. The van der Waals surface area contributed by atoms with Gasteiger partial charge in [0.2, 0.25) is 5.91 Å². The van der Waals surface area contributed by atoms with Gasteiger partial charge < -0.3 is 5.32 Å². The number of thioether (sulfide) groups is 1. The Morgan fingerprint density at radius 3 is 3.09 bits per heavy atom. The van der Waals surface area contributed by atoms with E-state index in [2.05, 4.69) is 20.4 Å². The molecule has 0 aliphatic heterocycles. The lowest BCUT2D eigenvalue weighted by Gasteiger charge is -2.03. The zero-order valence-corrected chi connectivity index (χ0v) is 12.9. The third-order valence-electron chi connectivity index (χ3n) is 3.09. The number of amides is 1. The fraction of sp³-hybridized carbons (Fsp3) is 0.200. The van der Waals surface area contributed by atoms with E-state index in [-0.39, 0.29) is 5.91 Å². The molecule has 6 nitrogen and oxygen atoms in total. The van der Waals surface area contributed by atoms with E-state index in [4.69, 9.17) is 0 Å². The maximum Gasteiger partial charge on any atom is 0.225 e. The summed E-state index contributed by atoms with van der Waals surface area (Å²) in [5.74, 6) is 0.802. The van der Waals surface area contributed by atoms with Crippen molar-refractivity contribution in [3.8, 4) is 5.69 Å². The molecule has 0 aliphatic carbocycles. The molecular formula is C15H15N5OS. The largest absolute Gasteiger partial charge is 0.325 e. The molecule has 1 amide bonds. The van der Waals surface area contributed by atoms with Crippen LogP contribution < -0.4 is 5.32 Å². The van der Waals surface area contributed by atoms with Crippen LogP contribution in [0, 0.1) is 0 Å². The second kappa shape index (κ2) is 6.57. The first-order valence-electron chi connectivity index (χ1n) is 6.81. The highest BCUT2D eigenvalue weighted by Gasteiger charge is 2.07. The van der Waals surface area contributed by atoms with Crippen molar-refractivity contribution in [1.82, 2.24) is 19.7 Å². The zero-order chi connectivity index (χ0) is 15.4. The lowest BCUT2D eigenvalue weighted by atomic mass is 10.3. The maximum atomic E-state index is 11.8. The van der Waals surface area contributed by atoms with Crippen LogP contribution in [0.25, 0.3) is 16.7 Å². The second-order valence-electron chi connectivity index (χ2n) is 4.71. The van der Waals surface area contributed by atoms with Crippen molar-refractivity contribution in [2.75, 3.05) is 17.3 Å². The summed E-state index contributed by atoms with van der Waals surface area (Å²) in [6, 6.07) is 5.65. The van der Waals surface area contributed by atoms with Gasteiger partial charge in [-0.3, -0.25) is 9.78 Å². The van der Waals surface area contributed by atoms with E-state index in [1.165, 1.54) is 0 Å². The summed E-state index contributed by atoms with van der Waals surface area (Å²) < 4.78 is 1.73. The minimum atomic E-state index is -0.00449. The quantitative estimate of drug-likeness (QED) is 0.783. The molecule has 3 heterocycles. The first-order valence-corrected chi connectivity index (χ1v) is 8.20. The van der Waals surface area contributed by atoms with Gasteiger partial charge in [0.15, 0.2) is 5.65 Å². The Bertz CT molecular complexity index is 787. The molecule has 0 fully saturated rings. The molecule has 3 rings (SSSR count). The van der Waals surface area contributed by atoms with E-state index in [1.54, 1.807) is 35.0 Å². The fourth-order valence-corrected chi connectivity index (χ4v) is 2.41. The number of hydrogen-bond acceptors (Lipinski definition) is 5. The molecule has 3 aromatic rings. The Kier molecular flexibility index (Phi) is 4.34. The molecule has 0 atom stereocenters. The molecule has 0 saturated carbocycles. The van der Waals surface area contributed by atoms with Gasteiger partial charge in [0, 0.05) is 30.0 Å². The summed E-state index contributed by atoms with van der Waals surface area (Å²) in [6.45, 7) is 0. The van der Waals surface area contributed by atoms with E-state index in [1.807, 2.05) is 30.7 Å². The van der Waals surface area contributed by atoms with E-state index in [0.29, 0.717) is 17.8 Å². The molecule has 22 heavy (non-hydrogen) atoms. The van der Waals surface area contributed by atoms with Crippen molar-refractivity contribution in [3.05, 3.63) is 43.0 Å². The van der Waals surface area contributed by atoms with Gasteiger partial charge in [-0.05, 0) is 24.5 Å². The molecule has 0 aromatic carbocycles. The topological polar surface area (TPSA) is 72.7 Å². The summed E-state index contributed by atoms with van der Waals surface area (Å²) in [6.07, 6.45) is 9.42. The molecule has 112 valence electrons. The minimum Gasteiger partial charge on any atom is -0.325 e. The molecule has 0 radical (unpaired) electrons. The first-order chi connectivity index (χ1) is 10.8. The van der Waals surface area contributed by atoms with Crippen LogP contribution in [0.15, 0.2) is 43.0 Å². The molecule has 0 spiro atoms. The van der Waals surface area contributed by atoms with Crippen LogP contribution >= 0.6 is 11.8 Å². The van der Waals surface area contributed by atoms with Crippen LogP contribution in [-0.4, -0.2) is 37.7 Å². The highest BCUT2D eigenvalue weighted by Crippen LogP contribution is 2.17. The normalized spacial score (nSPS) is 10.8. The number of hydrogen-bond donors (Lipinski definition) is 1. The number of anilines is 1. The highest BCUT2D eigenvalue weighted by molar-refractivity contribution is 7.98. The van der Waals surface area contributed by atoms with E-state index >= 15 is 0 Å². The maximum absolute atomic E-state index is 11.8. The number of rotatable bonds is 5. The number of fused-ring (bicyclic) bond motifs is 1. The number of carbonyl (C=O) groups is 1. The molecule has 0 saturated heterocycles. The highest BCUT2D eigenvalue weighted by atomic mass is 32.2. The van der Waals surface area contributed by atoms with Crippen LogP contribution in [0.4, 0.5) is 5.69 Å². The standard InChI is InChI=1S/C15H15N5OS/c1-22-6-4-14(21)18-12-7-11-10-20(19-15(11)17-8-12)13-3-2-5-16-9-13/h2-3,5,7-10H,4,6H2,1H3,(H,18,21). The fourth-order valence-electron chi connectivity index (χ4n) is 2.02. The SMILES string of the molecule is CSCCC(=O)Nc1cnc2nn(-c3cccnc3)cc2c1. The van der Waals surface area contributed by atoms with Gasteiger partial charge >= 0.3 is 0 Å². The lowest BCUT2D eigenvalue weighted by Crippen LogP contribution is -2.12. The number of aromatic nitrogens is 4. The summed E-state index contributed by atoms with van der Waals surface area (Å²) in [5, 5.41) is 8.12. The second-order valence-corrected chi connectivity index (χ2v) is 5.70. The van der Waals surface area contributed by atoms with Crippen molar-refractivity contribution >= 4 is 34.4 Å². The lowest BCUT2D eigenvalue weighted by molar-refractivity contribution is -0.115. The van der Waals surface area contributed by atoms with Crippen molar-refractivity contribution in [2.45, 2.75) is 6.42 Å². The zero-order valence-electron chi connectivity index (χ0n) is 12.1. The van der Waals surface area contributed by atoms with Gasteiger partial charge in [-0.15, -0.1) is 5.10 Å². The van der Waals surface area contributed by atoms with Crippen LogP contribution in [0.2, 0.25) is 0 Å². The average molecular weight is 313 g/mol. The van der Waals surface area contributed by atoms with Gasteiger partial charge in [0.05, 0.1) is 23.8 Å². The Morgan fingerprint density at radius 2 is 2.32 bits per heavy atom. The molecule has 0 unspecified atom stereocenters. The number of nitrogens with one attached hydrogen (secondary N) is 1. The number of pyridine rings is 2. The monoisotopic (exact) mass is 313 g/mol. The van der Waals surface area contributed by atoms with Crippen molar-refractivity contribution in [3.63, 3.8) is 0 Å². The third-order valence-corrected chi connectivity index (χ3v) is 3.70. The first kappa shape index (κ1) is 14.5. The van der Waals surface area contributed by atoms with Gasteiger partial charge in [-0.2, -0.15) is 11.8 Å². The van der Waals surface area contributed by atoms with Crippen LogP contribution in [0.5, 0.6) is 0 Å². The molecular weight excluding hydrogens is 298 g/mol. The van der Waals surface area contributed by atoms with Crippen LogP contribution in [0.1, 0.15) is 6.42 Å². The number of nitrogens with zero attached hydrogens (tertiary/aromatic N) is 4. The molecule has 0 aliphatic rings. The molecule has 3 aromatic heterocycles. The van der Waals surface area contributed by atoms with Crippen LogP contribution in [-0.2, 0) is 4.79 Å². The van der Waals surface area contributed by atoms with Crippen molar-refractivity contribution in [1.29, 1.82) is 0 Å². The molecule has 7 heteroatoms. The smallest absolute Gasteiger partial charge is 0.225 e. The Balaban J connectivity index is 1.83. The van der Waals surface area contributed by atoms with E-state index in [9.17, 15) is 4.79 Å². The van der Waals surface area contributed by atoms with E-state index in [0.717, 1.165) is 16.8 Å². The predicted octanol–water partition coefficient (Wildman–Crippen LogP) is 2.51. The Labute approximate surface area is 132 Å². The third kappa shape index (κ3) is 3.25. The van der Waals surface area contributed by atoms with Crippen molar-refractivity contribution in [2.24, 2.45) is 0 Å². The minimum absolute atomic E-state index is 0.00449. The summed E-state index contributed by atoms with van der Waals surface area (Å²) in [7, 11) is 0. The van der Waals surface area contributed by atoms with E-state index < -0.39 is 0 Å². The summed E-state index contributed by atoms with van der Waals surface area (Å²) in [5.41, 5.74) is 2.18. The summed E-state index contributed by atoms with van der Waals surface area (Å²) >= 11 is 1.65. The number of carbonyl (C=O) groups excluding carboxylic acids is 1. The van der Waals surface area contributed by atoms with Gasteiger partial charge in [-0.25, -0.2) is 9.67 Å². The Hall–Kier alpha value is -2.41. The predicted molar refractivity (Wildman–Crippen MR) is 88.3 cm³/mol. The Morgan fingerprint density at radius 1 is 1.41 bits per heavy atom. The van der Waals surface area contributed by atoms with Crippen LogP contribution in [0.3, 0.4) is 0 Å². The molecule has 0 bridgehead atoms. The van der Waals surface area contributed by atoms with Crippen molar-refractivity contribution < 1.29 is 4.79 Å². The summed E-state index contributed by atoms with van der Waals surface area (Å²) in [4.78, 5) is 20.1.